The van der Waals surface area contributed by atoms with E-state index in [1.165, 1.54) is 33.1 Å². The molecule has 0 aliphatic carbocycles. The third kappa shape index (κ3) is 8.75. The summed E-state index contributed by atoms with van der Waals surface area (Å²) in [6.07, 6.45) is 1.18. The Morgan fingerprint density at radius 1 is 1.06 bits per heavy atom. The molecule has 1 unspecified atom stereocenters. The molecule has 1 aromatic rings. The topological polar surface area (TPSA) is 131 Å². The normalized spacial score (nSPS) is 13.5. The van der Waals surface area contributed by atoms with Crippen LogP contribution in [0.15, 0.2) is 18.2 Å². The molecule has 1 aromatic carbocycles. The van der Waals surface area contributed by atoms with Gasteiger partial charge in [0.05, 0.1) is 13.7 Å². The van der Waals surface area contributed by atoms with Crippen LogP contribution in [0.25, 0.3) is 0 Å². The maximum Gasteiger partial charge on any atom is 0.326 e. The number of rotatable bonds is 11. The molecule has 31 heavy (non-hydrogen) atoms. The first-order valence-electron chi connectivity index (χ1n) is 10.0. The lowest BCUT2D eigenvalue weighted by Gasteiger charge is -2.27. The molecular weight excluding hydrogens is 406 g/mol. The highest BCUT2D eigenvalue weighted by Crippen LogP contribution is 2.30. The van der Waals surface area contributed by atoms with Gasteiger partial charge in [-0.25, -0.2) is 0 Å². The second kappa shape index (κ2) is 12.0. The predicted octanol–water partition coefficient (Wildman–Crippen LogP) is 2.32. The highest BCUT2D eigenvalue weighted by atomic mass is 16.6. The Balaban J connectivity index is 2.99. The number of methoxy groups -OCH3 is 1. The quantitative estimate of drug-likeness (QED) is 0.409. The highest BCUT2D eigenvalue weighted by molar-refractivity contribution is 5.81. The molecule has 0 saturated carbocycles. The van der Waals surface area contributed by atoms with Crippen LogP contribution in [0.3, 0.4) is 0 Å². The standard InChI is InChI=1S/C22H31NO8/c1-6-14(2)11-20(26)29-10-9-22(23,21(27)28-5)13-17-7-8-18(30-15(3)24)19(12-17)31-16(4)25/h7-8,12,14H,6,9-11,13,23H2,1-5H3/t14?,22-/m1/s1. The molecule has 0 saturated heterocycles. The first-order chi connectivity index (χ1) is 14.5. The smallest absolute Gasteiger partial charge is 0.326 e. The van der Waals surface area contributed by atoms with Crippen LogP contribution in [0.1, 0.15) is 52.5 Å². The maximum atomic E-state index is 12.4. The van der Waals surface area contributed by atoms with E-state index in [0.29, 0.717) is 5.56 Å². The Morgan fingerprint density at radius 3 is 2.23 bits per heavy atom. The van der Waals surface area contributed by atoms with Gasteiger partial charge in [-0.15, -0.1) is 0 Å². The minimum absolute atomic E-state index is 0.0111. The summed E-state index contributed by atoms with van der Waals surface area (Å²) in [7, 11) is 1.22. The summed E-state index contributed by atoms with van der Waals surface area (Å²) in [6.45, 7) is 6.30. The van der Waals surface area contributed by atoms with E-state index in [9.17, 15) is 19.2 Å². The predicted molar refractivity (Wildman–Crippen MR) is 111 cm³/mol. The van der Waals surface area contributed by atoms with Crippen molar-refractivity contribution in [1.82, 2.24) is 0 Å². The van der Waals surface area contributed by atoms with Crippen LogP contribution < -0.4 is 15.2 Å². The van der Waals surface area contributed by atoms with Gasteiger partial charge in [-0.1, -0.05) is 26.3 Å². The summed E-state index contributed by atoms with van der Waals surface area (Å²) in [5, 5.41) is 0. The van der Waals surface area contributed by atoms with Gasteiger partial charge in [0.25, 0.3) is 0 Å². The Hall–Kier alpha value is -2.94. The van der Waals surface area contributed by atoms with Crippen molar-refractivity contribution in [2.24, 2.45) is 11.7 Å². The first-order valence-corrected chi connectivity index (χ1v) is 10.0. The highest BCUT2D eigenvalue weighted by Gasteiger charge is 2.36. The van der Waals surface area contributed by atoms with Crippen LogP contribution in [-0.4, -0.2) is 43.1 Å². The fourth-order valence-corrected chi connectivity index (χ4v) is 2.80. The van der Waals surface area contributed by atoms with Crippen LogP contribution in [-0.2, 0) is 35.1 Å². The summed E-state index contributed by atoms with van der Waals surface area (Å²) in [5.74, 6) is -1.94. The summed E-state index contributed by atoms with van der Waals surface area (Å²) >= 11 is 0. The van der Waals surface area contributed by atoms with Gasteiger partial charge in [-0.2, -0.15) is 0 Å². The van der Waals surface area contributed by atoms with Gasteiger partial charge in [0, 0.05) is 33.1 Å². The summed E-state index contributed by atoms with van der Waals surface area (Å²) in [5.41, 5.74) is 5.36. The lowest BCUT2D eigenvalue weighted by atomic mass is 9.88. The van der Waals surface area contributed by atoms with Gasteiger partial charge in [0.15, 0.2) is 11.5 Å². The van der Waals surface area contributed by atoms with E-state index in [1.807, 2.05) is 13.8 Å². The molecule has 0 aromatic heterocycles. The zero-order valence-electron chi connectivity index (χ0n) is 18.7. The van der Waals surface area contributed by atoms with Gasteiger partial charge in [-0.3, -0.25) is 19.2 Å². The monoisotopic (exact) mass is 437 g/mol. The number of hydrogen-bond acceptors (Lipinski definition) is 9. The summed E-state index contributed by atoms with van der Waals surface area (Å²) in [6, 6.07) is 4.49. The number of ether oxygens (including phenoxy) is 4. The molecule has 9 nitrogen and oxygen atoms in total. The first kappa shape index (κ1) is 26.1. The van der Waals surface area contributed by atoms with Crippen LogP contribution in [0.2, 0.25) is 0 Å². The van der Waals surface area contributed by atoms with Crippen LogP contribution in [0.4, 0.5) is 0 Å². The Morgan fingerprint density at radius 2 is 1.68 bits per heavy atom. The number of nitrogens with two attached hydrogens (primary N) is 1. The van der Waals surface area contributed by atoms with Crippen molar-refractivity contribution in [1.29, 1.82) is 0 Å². The SMILES string of the molecule is CCC(C)CC(=O)OCC[C@@](N)(Cc1ccc(OC(C)=O)c(OC(C)=O)c1)C(=O)OC. The van der Waals surface area contributed by atoms with Crippen LogP contribution >= 0.6 is 0 Å². The van der Waals surface area contributed by atoms with Crippen molar-refractivity contribution < 1.29 is 38.1 Å². The molecule has 2 atom stereocenters. The van der Waals surface area contributed by atoms with Gasteiger partial charge in [0.2, 0.25) is 0 Å². The Bertz CT molecular complexity index is 807. The van der Waals surface area contributed by atoms with Crippen LogP contribution in [0.5, 0.6) is 11.5 Å². The molecule has 0 aliphatic heterocycles. The molecular formula is C22H31NO8. The summed E-state index contributed by atoms with van der Waals surface area (Å²) in [4.78, 5) is 46.9. The van der Waals surface area contributed by atoms with Crippen molar-refractivity contribution in [2.75, 3.05) is 13.7 Å². The fraction of sp³-hybridized carbons (Fsp3) is 0.545. The second-order valence-corrected chi connectivity index (χ2v) is 7.48. The number of benzene rings is 1. The molecule has 0 heterocycles. The van der Waals surface area contributed by atoms with Gasteiger partial charge < -0.3 is 24.7 Å². The lowest BCUT2D eigenvalue weighted by Crippen LogP contribution is -2.51. The maximum absolute atomic E-state index is 12.4. The minimum Gasteiger partial charge on any atom is -0.468 e. The molecule has 0 bridgehead atoms. The zero-order valence-corrected chi connectivity index (χ0v) is 18.7. The lowest BCUT2D eigenvalue weighted by molar-refractivity contribution is -0.151. The Kier molecular flexibility index (Phi) is 10.1. The molecule has 9 heteroatoms. The van der Waals surface area contributed by atoms with Gasteiger partial charge >= 0.3 is 23.9 Å². The van der Waals surface area contributed by atoms with Crippen molar-refractivity contribution in [3.8, 4) is 11.5 Å². The molecule has 2 N–H and O–H groups in total. The van der Waals surface area contributed by atoms with Crippen LogP contribution in [0, 0.1) is 5.92 Å². The number of esters is 4. The molecule has 0 fully saturated rings. The molecule has 0 amide bonds. The van der Waals surface area contributed by atoms with E-state index in [0.717, 1.165) is 6.42 Å². The Labute approximate surface area is 182 Å². The largest absolute Gasteiger partial charge is 0.468 e. The van der Waals surface area contributed by atoms with E-state index in [1.54, 1.807) is 6.07 Å². The zero-order chi connectivity index (χ0) is 23.6. The number of carbonyl (C=O) groups excluding carboxylic acids is 4. The molecule has 0 radical (unpaired) electrons. The molecule has 1 rings (SSSR count). The number of carbonyl (C=O) groups is 4. The van der Waals surface area contributed by atoms with E-state index in [-0.39, 0.29) is 49.3 Å². The van der Waals surface area contributed by atoms with E-state index >= 15 is 0 Å². The van der Waals surface area contributed by atoms with Gasteiger partial charge in [-0.05, 0) is 23.6 Å². The van der Waals surface area contributed by atoms with Crippen molar-refractivity contribution in [3.63, 3.8) is 0 Å². The van der Waals surface area contributed by atoms with Crippen molar-refractivity contribution in [2.45, 2.75) is 58.9 Å². The van der Waals surface area contributed by atoms with Gasteiger partial charge in [0.1, 0.15) is 5.54 Å². The minimum atomic E-state index is -1.48. The van der Waals surface area contributed by atoms with E-state index in [4.69, 9.17) is 24.7 Å². The summed E-state index contributed by atoms with van der Waals surface area (Å²) < 4.78 is 20.2. The van der Waals surface area contributed by atoms with Crippen molar-refractivity contribution in [3.05, 3.63) is 23.8 Å². The average molecular weight is 437 g/mol. The van der Waals surface area contributed by atoms with E-state index < -0.39 is 23.4 Å². The molecule has 172 valence electrons. The molecule has 0 aliphatic rings. The average Bonchev–Trinajstić information content (AvgIpc) is 2.68. The fourth-order valence-electron chi connectivity index (χ4n) is 2.80. The van der Waals surface area contributed by atoms with Crippen molar-refractivity contribution >= 4 is 23.9 Å². The third-order valence-electron chi connectivity index (χ3n) is 4.65. The van der Waals surface area contributed by atoms with E-state index in [2.05, 4.69) is 0 Å². The molecule has 0 spiro atoms. The second-order valence-electron chi connectivity index (χ2n) is 7.48. The third-order valence-corrected chi connectivity index (χ3v) is 4.65. The number of hydrogen-bond donors (Lipinski definition) is 1.